The van der Waals surface area contributed by atoms with E-state index in [4.69, 9.17) is 18.5 Å². The third-order valence-corrected chi connectivity index (χ3v) is 6.94. The van der Waals surface area contributed by atoms with E-state index in [1.54, 1.807) is 44.2 Å². The molecule has 0 radical (unpaired) electrons. The highest BCUT2D eigenvalue weighted by Gasteiger charge is 2.46. The topological polar surface area (TPSA) is 178 Å². The first-order valence-corrected chi connectivity index (χ1v) is 12.8. The summed E-state index contributed by atoms with van der Waals surface area (Å²) in [6.07, 6.45) is -2.87. The SMILES string of the molecule is CC(C)OC(=O)[C@@H](C)N[P@@](=O)(OC[C@H]1O[C@@H](n2ccc(=O)[nH]c2=O)[C@H](O)[C@@H]1CO)Oc1ccccc1. The summed E-state index contributed by atoms with van der Waals surface area (Å²) in [5.74, 6) is -1.41. The third-order valence-electron chi connectivity index (χ3n) is 5.29. The number of benzene rings is 1. The molecule has 0 saturated carbocycles. The van der Waals surface area contributed by atoms with Crippen molar-refractivity contribution in [1.29, 1.82) is 0 Å². The highest BCUT2D eigenvalue weighted by Crippen LogP contribution is 2.46. The second kappa shape index (κ2) is 12.0. The minimum atomic E-state index is -4.22. The predicted octanol–water partition coefficient (Wildman–Crippen LogP) is 0.537. The number of aromatic nitrogens is 2. The van der Waals surface area contributed by atoms with Gasteiger partial charge < -0.3 is 24.2 Å². The predicted molar refractivity (Wildman–Crippen MR) is 126 cm³/mol. The molecule has 0 spiro atoms. The lowest BCUT2D eigenvalue weighted by Gasteiger charge is -2.25. The van der Waals surface area contributed by atoms with Crippen molar-refractivity contribution in [2.24, 2.45) is 5.92 Å². The molecule has 1 aliphatic heterocycles. The number of nitrogens with zero attached hydrogens (tertiary/aromatic N) is 1. The second-order valence-electron chi connectivity index (χ2n) is 8.45. The molecule has 0 aliphatic carbocycles. The van der Waals surface area contributed by atoms with E-state index in [1.165, 1.54) is 6.92 Å². The Labute approximate surface area is 206 Å². The number of aromatic amines is 1. The van der Waals surface area contributed by atoms with Gasteiger partial charge in [-0.1, -0.05) is 18.2 Å². The van der Waals surface area contributed by atoms with Crippen LogP contribution in [-0.4, -0.2) is 63.3 Å². The maximum Gasteiger partial charge on any atom is 0.459 e. The van der Waals surface area contributed by atoms with Crippen LogP contribution in [-0.2, 0) is 23.4 Å². The van der Waals surface area contributed by atoms with Crippen LogP contribution >= 0.6 is 7.75 Å². The second-order valence-corrected chi connectivity index (χ2v) is 10.1. The summed E-state index contributed by atoms with van der Waals surface area (Å²) in [7, 11) is -4.22. The van der Waals surface area contributed by atoms with E-state index in [0.717, 1.165) is 16.8 Å². The van der Waals surface area contributed by atoms with Crippen molar-refractivity contribution in [1.82, 2.24) is 14.6 Å². The van der Waals surface area contributed by atoms with Crippen molar-refractivity contribution in [2.45, 2.75) is 51.4 Å². The zero-order chi connectivity index (χ0) is 26.5. The highest BCUT2D eigenvalue weighted by atomic mass is 31.2. The normalized spacial score (nSPS) is 24.3. The van der Waals surface area contributed by atoms with Crippen LogP contribution in [0, 0.1) is 5.92 Å². The number of esters is 1. The van der Waals surface area contributed by atoms with Crippen molar-refractivity contribution >= 4 is 13.7 Å². The Kier molecular flexibility index (Phi) is 9.23. The molecule has 13 nitrogen and oxygen atoms in total. The Morgan fingerprint density at radius 1 is 1.22 bits per heavy atom. The number of nitrogens with one attached hydrogen (secondary N) is 2. The quantitative estimate of drug-likeness (QED) is 0.237. The van der Waals surface area contributed by atoms with Crippen LogP contribution < -0.4 is 20.9 Å². The largest absolute Gasteiger partial charge is 0.462 e. The van der Waals surface area contributed by atoms with Crippen molar-refractivity contribution in [3.05, 3.63) is 63.4 Å². The van der Waals surface area contributed by atoms with Gasteiger partial charge in [0.25, 0.3) is 5.56 Å². The van der Waals surface area contributed by atoms with Gasteiger partial charge in [-0.05, 0) is 32.9 Å². The Balaban J connectivity index is 1.79. The molecule has 4 N–H and O–H groups in total. The van der Waals surface area contributed by atoms with Crippen LogP contribution in [0.15, 0.2) is 52.2 Å². The Hall–Kier alpha value is -2.80. The van der Waals surface area contributed by atoms with Gasteiger partial charge in [0, 0.05) is 18.2 Å². The molecule has 0 bridgehead atoms. The van der Waals surface area contributed by atoms with E-state index >= 15 is 0 Å². The summed E-state index contributed by atoms with van der Waals surface area (Å²) in [6.45, 7) is 3.78. The molecule has 14 heteroatoms. The molecule has 1 fully saturated rings. The monoisotopic (exact) mass is 527 g/mol. The molecule has 0 amide bonds. The summed E-state index contributed by atoms with van der Waals surface area (Å²) in [6, 6.07) is 8.13. The molecule has 6 atom stereocenters. The maximum absolute atomic E-state index is 13.6. The number of para-hydroxylation sites is 1. The summed E-state index contributed by atoms with van der Waals surface area (Å²) >= 11 is 0. The van der Waals surface area contributed by atoms with Crippen molar-refractivity contribution in [3.63, 3.8) is 0 Å². The van der Waals surface area contributed by atoms with Gasteiger partial charge in [0.1, 0.15) is 17.9 Å². The fourth-order valence-electron chi connectivity index (χ4n) is 3.54. The van der Waals surface area contributed by atoms with E-state index in [9.17, 15) is 29.2 Å². The van der Waals surface area contributed by atoms with Crippen LogP contribution in [0.25, 0.3) is 0 Å². The average Bonchev–Trinajstić information content (AvgIpc) is 3.13. The Morgan fingerprint density at radius 3 is 2.53 bits per heavy atom. The number of carbonyl (C=O) groups is 1. The summed E-state index contributed by atoms with van der Waals surface area (Å²) < 4.78 is 36.6. The first-order valence-electron chi connectivity index (χ1n) is 11.3. The van der Waals surface area contributed by atoms with Crippen LogP contribution in [0.2, 0.25) is 0 Å². The Morgan fingerprint density at radius 2 is 1.92 bits per heavy atom. The number of carbonyl (C=O) groups excluding carboxylic acids is 1. The van der Waals surface area contributed by atoms with E-state index in [0.29, 0.717) is 0 Å². The molecular formula is C22H30N3O10P. The van der Waals surface area contributed by atoms with Crippen LogP contribution in [0.3, 0.4) is 0 Å². The average molecular weight is 527 g/mol. The summed E-state index contributed by atoms with van der Waals surface area (Å²) in [4.78, 5) is 37.9. The molecule has 2 aromatic rings. The van der Waals surface area contributed by atoms with Gasteiger partial charge in [-0.3, -0.25) is 23.7 Å². The maximum atomic E-state index is 13.6. The van der Waals surface area contributed by atoms with Crippen molar-refractivity contribution < 1.29 is 38.1 Å². The lowest BCUT2D eigenvalue weighted by molar-refractivity contribution is -0.149. The lowest BCUT2D eigenvalue weighted by atomic mass is 9.99. The third kappa shape index (κ3) is 6.90. The van der Waals surface area contributed by atoms with Crippen LogP contribution in [0.5, 0.6) is 5.75 Å². The van der Waals surface area contributed by atoms with E-state index in [1.807, 2.05) is 0 Å². The highest BCUT2D eigenvalue weighted by molar-refractivity contribution is 7.52. The number of hydrogen-bond acceptors (Lipinski definition) is 10. The fourth-order valence-corrected chi connectivity index (χ4v) is 5.05. The number of aliphatic hydroxyl groups excluding tert-OH is 2. The van der Waals surface area contributed by atoms with Gasteiger partial charge in [-0.2, -0.15) is 5.09 Å². The summed E-state index contributed by atoms with van der Waals surface area (Å²) in [5.41, 5.74) is -1.44. The molecule has 1 aliphatic rings. The zero-order valence-electron chi connectivity index (χ0n) is 20.0. The molecule has 36 heavy (non-hydrogen) atoms. The lowest BCUT2D eigenvalue weighted by Crippen LogP contribution is -2.37. The summed E-state index contributed by atoms with van der Waals surface area (Å²) in [5, 5.41) is 23.0. The molecule has 2 heterocycles. The minimum Gasteiger partial charge on any atom is -0.462 e. The van der Waals surface area contributed by atoms with E-state index in [-0.39, 0.29) is 5.75 Å². The zero-order valence-corrected chi connectivity index (χ0v) is 20.9. The fraction of sp³-hybridized carbons (Fsp3) is 0.500. The van der Waals surface area contributed by atoms with Gasteiger partial charge in [0.05, 0.1) is 25.4 Å². The van der Waals surface area contributed by atoms with Gasteiger partial charge in [-0.15, -0.1) is 0 Å². The molecular weight excluding hydrogens is 497 g/mol. The van der Waals surface area contributed by atoms with Crippen LogP contribution in [0.1, 0.15) is 27.0 Å². The number of rotatable bonds is 11. The minimum absolute atomic E-state index is 0.196. The van der Waals surface area contributed by atoms with Gasteiger partial charge >= 0.3 is 19.4 Å². The smallest absolute Gasteiger partial charge is 0.459 e. The number of ether oxygens (including phenoxy) is 2. The van der Waals surface area contributed by atoms with Crippen LogP contribution in [0.4, 0.5) is 0 Å². The molecule has 3 rings (SSSR count). The van der Waals surface area contributed by atoms with Gasteiger partial charge in [-0.25, -0.2) is 9.36 Å². The van der Waals surface area contributed by atoms with Crippen molar-refractivity contribution in [2.75, 3.05) is 13.2 Å². The molecule has 1 aromatic heterocycles. The van der Waals surface area contributed by atoms with Gasteiger partial charge in [0.15, 0.2) is 6.23 Å². The van der Waals surface area contributed by atoms with Crippen molar-refractivity contribution in [3.8, 4) is 5.75 Å². The molecule has 1 aromatic carbocycles. The van der Waals surface area contributed by atoms with E-state index in [2.05, 4.69) is 10.1 Å². The molecule has 1 saturated heterocycles. The van der Waals surface area contributed by atoms with E-state index < -0.39 is 74.7 Å². The number of aliphatic hydroxyl groups is 2. The van der Waals surface area contributed by atoms with Gasteiger partial charge in [0.2, 0.25) is 0 Å². The molecule has 0 unspecified atom stereocenters. The first kappa shape index (κ1) is 27.8. The Bertz CT molecular complexity index is 1180. The number of H-pyrrole nitrogens is 1. The standard InChI is InChI=1S/C22H30N3O10P/c1-13(2)33-21(29)14(3)24-36(31,35-15-7-5-4-6-8-15)32-12-17-16(11-26)19(28)20(34-17)25-10-9-18(27)23-22(25)30/h4-10,13-14,16-17,19-20,26,28H,11-12H2,1-3H3,(H,24,31)(H,23,27,30)/t14-,16-,17-,19-,20-,36-/m1/s1. The number of hydrogen-bond donors (Lipinski definition) is 4. The molecule has 198 valence electrons. The first-order chi connectivity index (χ1) is 17.0.